The molecule has 1 aliphatic rings. The topological polar surface area (TPSA) is 92.0 Å². The molecule has 0 aromatic carbocycles. The van der Waals surface area contributed by atoms with E-state index in [9.17, 15) is 19.5 Å². The molecule has 7 nitrogen and oxygen atoms in total. The molecule has 134 valence electrons. The monoisotopic (exact) mass is 363 g/mol. The highest BCUT2D eigenvalue weighted by atomic mass is 32.1. The molecule has 0 unspecified atom stereocenters. The van der Waals surface area contributed by atoms with E-state index in [1.807, 2.05) is 6.92 Å². The van der Waals surface area contributed by atoms with Gasteiger partial charge in [-0.3, -0.25) is 14.0 Å². The molecule has 0 spiro atoms. The third kappa shape index (κ3) is 2.64. The number of carboxylic acids is 1. The summed E-state index contributed by atoms with van der Waals surface area (Å²) in [6, 6.07) is 0. The molecule has 2 aromatic heterocycles. The highest BCUT2D eigenvalue weighted by molar-refractivity contribution is 7.17. The van der Waals surface area contributed by atoms with Gasteiger partial charge in [0, 0.05) is 23.8 Å². The summed E-state index contributed by atoms with van der Waals surface area (Å²) in [7, 11) is 1.47. The number of carbonyl (C=O) groups is 2. The van der Waals surface area contributed by atoms with Crippen LogP contribution in [0, 0.1) is 13.8 Å². The van der Waals surface area contributed by atoms with Crippen LogP contribution in [0.4, 0.5) is 0 Å². The number of carboxylic acid groups (broad SMARTS) is 1. The van der Waals surface area contributed by atoms with Crippen molar-refractivity contribution in [2.24, 2.45) is 0 Å². The molecule has 0 radical (unpaired) electrons. The van der Waals surface area contributed by atoms with Crippen molar-refractivity contribution in [2.75, 3.05) is 7.05 Å². The van der Waals surface area contributed by atoms with Crippen molar-refractivity contribution < 1.29 is 14.7 Å². The first-order chi connectivity index (χ1) is 11.8. The first-order valence-corrected chi connectivity index (χ1v) is 9.10. The van der Waals surface area contributed by atoms with E-state index in [-0.39, 0.29) is 5.56 Å². The first-order valence-electron chi connectivity index (χ1n) is 8.29. The van der Waals surface area contributed by atoms with Gasteiger partial charge >= 0.3 is 5.97 Å². The maximum Gasteiger partial charge on any atom is 0.329 e. The summed E-state index contributed by atoms with van der Waals surface area (Å²) >= 11 is 1.39. The number of aryl methyl sites for hydroxylation is 2. The van der Waals surface area contributed by atoms with Crippen LogP contribution in [0.3, 0.4) is 0 Å². The average Bonchev–Trinajstić information content (AvgIpc) is 2.89. The van der Waals surface area contributed by atoms with Crippen LogP contribution in [-0.2, 0) is 4.79 Å². The lowest BCUT2D eigenvalue weighted by Gasteiger charge is -2.40. The van der Waals surface area contributed by atoms with Crippen LogP contribution in [-0.4, -0.2) is 43.9 Å². The van der Waals surface area contributed by atoms with Crippen LogP contribution in [0.2, 0.25) is 0 Å². The van der Waals surface area contributed by atoms with Gasteiger partial charge in [0.05, 0.1) is 0 Å². The third-order valence-electron chi connectivity index (χ3n) is 5.27. The van der Waals surface area contributed by atoms with E-state index < -0.39 is 23.0 Å². The average molecular weight is 363 g/mol. The van der Waals surface area contributed by atoms with Gasteiger partial charge < -0.3 is 10.0 Å². The summed E-state index contributed by atoms with van der Waals surface area (Å²) in [5.74, 6) is -1.60. The zero-order valence-corrected chi connectivity index (χ0v) is 15.4. The van der Waals surface area contributed by atoms with E-state index in [1.54, 1.807) is 6.92 Å². The number of amides is 1. The number of hydrogen-bond acceptors (Lipinski definition) is 5. The summed E-state index contributed by atoms with van der Waals surface area (Å²) < 4.78 is 1.43. The summed E-state index contributed by atoms with van der Waals surface area (Å²) in [6.45, 7) is 3.70. The standard InChI is InChI=1S/C17H21N3O4S/c1-10-11(2)25-16-18-9-12(14(22)20(10)16)13(21)19(3)17(15(23)24)7-5-4-6-8-17/h9H,4-8H2,1-3H3,(H,23,24). The normalized spacial score (nSPS) is 16.8. The molecule has 1 saturated carbocycles. The Morgan fingerprint density at radius 3 is 2.52 bits per heavy atom. The van der Waals surface area contributed by atoms with Crippen molar-refractivity contribution >= 4 is 28.2 Å². The van der Waals surface area contributed by atoms with Gasteiger partial charge in [0.2, 0.25) is 0 Å². The summed E-state index contributed by atoms with van der Waals surface area (Å²) in [4.78, 5) is 44.6. The predicted octanol–water partition coefficient (Wildman–Crippen LogP) is 2.23. The maximum atomic E-state index is 12.9. The first kappa shape index (κ1) is 17.6. The Balaban J connectivity index is 2.07. The van der Waals surface area contributed by atoms with E-state index >= 15 is 0 Å². The second-order valence-corrected chi connectivity index (χ2v) is 7.78. The van der Waals surface area contributed by atoms with Crippen LogP contribution in [0.25, 0.3) is 4.96 Å². The van der Waals surface area contributed by atoms with Gasteiger partial charge in [-0.25, -0.2) is 9.78 Å². The Hall–Kier alpha value is -2.22. The fourth-order valence-electron chi connectivity index (χ4n) is 3.53. The fourth-order valence-corrected chi connectivity index (χ4v) is 4.46. The molecule has 0 aliphatic heterocycles. The Morgan fingerprint density at radius 2 is 1.92 bits per heavy atom. The predicted molar refractivity (Wildman–Crippen MR) is 94.4 cm³/mol. The molecule has 25 heavy (non-hydrogen) atoms. The number of likely N-dealkylation sites (N-methyl/N-ethyl adjacent to an activating group) is 1. The molecular weight excluding hydrogens is 342 g/mol. The van der Waals surface area contributed by atoms with Gasteiger partial charge in [-0.05, 0) is 26.7 Å². The minimum Gasteiger partial charge on any atom is -0.479 e. The second-order valence-electron chi connectivity index (χ2n) is 6.60. The quantitative estimate of drug-likeness (QED) is 0.903. The van der Waals surface area contributed by atoms with E-state index in [1.165, 1.54) is 33.9 Å². The molecule has 1 N–H and O–H groups in total. The molecule has 0 saturated heterocycles. The van der Waals surface area contributed by atoms with E-state index in [0.29, 0.717) is 17.8 Å². The largest absolute Gasteiger partial charge is 0.479 e. The summed E-state index contributed by atoms with van der Waals surface area (Å²) in [6.07, 6.45) is 4.53. The van der Waals surface area contributed by atoms with Crippen LogP contribution in [0.15, 0.2) is 11.0 Å². The number of fused-ring (bicyclic) bond motifs is 1. The number of aromatic nitrogens is 2. The lowest BCUT2D eigenvalue weighted by molar-refractivity contribution is -0.151. The third-order valence-corrected chi connectivity index (χ3v) is 6.35. The van der Waals surface area contributed by atoms with Crippen LogP contribution in [0.1, 0.15) is 53.0 Å². The zero-order valence-electron chi connectivity index (χ0n) is 14.5. The number of rotatable bonds is 3. The molecule has 2 heterocycles. The zero-order chi connectivity index (χ0) is 18.4. The number of thiazole rings is 1. The lowest BCUT2D eigenvalue weighted by atomic mass is 9.80. The number of aliphatic carboxylic acids is 1. The van der Waals surface area contributed by atoms with E-state index in [0.717, 1.165) is 29.8 Å². The Bertz CT molecular complexity index is 908. The highest BCUT2D eigenvalue weighted by Crippen LogP contribution is 2.34. The maximum absolute atomic E-state index is 12.9. The summed E-state index contributed by atoms with van der Waals surface area (Å²) in [5, 5.41) is 9.75. The number of nitrogens with zero attached hydrogens (tertiary/aromatic N) is 3. The minimum absolute atomic E-state index is 0.0906. The SMILES string of the molecule is Cc1sc2ncc(C(=O)N(C)C3(C(=O)O)CCCCC3)c(=O)n2c1C. The minimum atomic E-state index is -1.25. The van der Waals surface area contributed by atoms with Crippen molar-refractivity contribution in [3.8, 4) is 0 Å². The van der Waals surface area contributed by atoms with Crippen molar-refractivity contribution in [1.29, 1.82) is 0 Å². The van der Waals surface area contributed by atoms with Gasteiger partial charge in [-0.2, -0.15) is 0 Å². The molecule has 0 atom stereocenters. The Labute approximate surface area is 148 Å². The highest BCUT2D eigenvalue weighted by Gasteiger charge is 2.46. The van der Waals surface area contributed by atoms with Crippen molar-refractivity contribution in [1.82, 2.24) is 14.3 Å². The van der Waals surface area contributed by atoms with Gasteiger partial charge in [0.15, 0.2) is 4.96 Å². The molecule has 3 rings (SSSR count). The summed E-state index contributed by atoms with van der Waals surface area (Å²) in [5.41, 5.74) is -1.03. The Morgan fingerprint density at radius 1 is 1.28 bits per heavy atom. The van der Waals surface area contributed by atoms with E-state index in [4.69, 9.17) is 0 Å². The van der Waals surface area contributed by atoms with Gasteiger partial charge in [-0.15, -0.1) is 11.3 Å². The van der Waals surface area contributed by atoms with Crippen molar-refractivity contribution in [2.45, 2.75) is 51.5 Å². The van der Waals surface area contributed by atoms with Crippen LogP contribution < -0.4 is 5.56 Å². The number of hydrogen-bond donors (Lipinski definition) is 1. The van der Waals surface area contributed by atoms with Crippen molar-refractivity contribution in [3.05, 3.63) is 32.7 Å². The fraction of sp³-hybridized carbons (Fsp3) is 0.529. The van der Waals surface area contributed by atoms with E-state index in [2.05, 4.69) is 4.98 Å². The molecule has 1 fully saturated rings. The molecule has 8 heteroatoms. The molecule has 0 bridgehead atoms. The van der Waals surface area contributed by atoms with Gasteiger partial charge in [0.1, 0.15) is 11.1 Å². The lowest BCUT2D eigenvalue weighted by Crippen LogP contribution is -2.57. The van der Waals surface area contributed by atoms with Crippen molar-refractivity contribution in [3.63, 3.8) is 0 Å². The van der Waals surface area contributed by atoms with Gasteiger partial charge in [0.25, 0.3) is 11.5 Å². The molecule has 2 aromatic rings. The second kappa shape index (κ2) is 6.25. The Kier molecular flexibility index (Phi) is 4.40. The van der Waals surface area contributed by atoms with Crippen LogP contribution >= 0.6 is 11.3 Å². The van der Waals surface area contributed by atoms with Crippen LogP contribution in [0.5, 0.6) is 0 Å². The molecule has 1 aliphatic carbocycles. The molecular formula is C17H21N3O4S. The smallest absolute Gasteiger partial charge is 0.329 e. The van der Waals surface area contributed by atoms with Gasteiger partial charge in [-0.1, -0.05) is 19.3 Å². The molecule has 1 amide bonds. The number of carbonyl (C=O) groups excluding carboxylic acids is 1.